The van der Waals surface area contributed by atoms with Crippen LogP contribution in [0.25, 0.3) is 0 Å². The molecule has 2 heterocycles. The van der Waals surface area contributed by atoms with Crippen LogP contribution in [0.2, 0.25) is 0 Å². The van der Waals surface area contributed by atoms with Crippen LogP contribution in [0.3, 0.4) is 0 Å². The fraction of sp³-hybridized carbons (Fsp3) is 0.455. The zero-order valence-corrected chi connectivity index (χ0v) is 10.4. The molecule has 16 heavy (non-hydrogen) atoms. The van der Waals surface area contributed by atoms with E-state index in [4.69, 9.17) is 5.73 Å². The molecule has 0 aliphatic rings. The minimum Gasteiger partial charge on any atom is -0.338 e. The van der Waals surface area contributed by atoms with Gasteiger partial charge in [-0.3, -0.25) is 0 Å². The molecule has 0 aliphatic carbocycles. The first-order chi connectivity index (χ1) is 7.65. The van der Waals surface area contributed by atoms with Gasteiger partial charge in [0.15, 0.2) is 0 Å². The summed E-state index contributed by atoms with van der Waals surface area (Å²) in [4.78, 5) is 8.68. The van der Waals surface area contributed by atoms with E-state index in [9.17, 15) is 0 Å². The standard InChI is InChI=1S/C11H16N4S/c1-8-7-16-11(14-8)6-9(12)5-10-13-3-4-15(10)2/h3-4,7,9H,5-6,12H2,1-2H3. The Hall–Kier alpha value is -1.20. The van der Waals surface area contributed by atoms with Gasteiger partial charge in [0.05, 0.1) is 5.01 Å². The Morgan fingerprint density at radius 1 is 1.50 bits per heavy atom. The number of aryl methyl sites for hydroxylation is 2. The van der Waals surface area contributed by atoms with E-state index in [0.717, 1.165) is 29.4 Å². The van der Waals surface area contributed by atoms with Crippen LogP contribution in [0.5, 0.6) is 0 Å². The number of aromatic nitrogens is 3. The van der Waals surface area contributed by atoms with Crippen molar-refractivity contribution in [3.63, 3.8) is 0 Å². The number of hydrogen-bond acceptors (Lipinski definition) is 4. The molecule has 0 aromatic carbocycles. The molecule has 0 spiro atoms. The molecule has 0 radical (unpaired) electrons. The van der Waals surface area contributed by atoms with E-state index >= 15 is 0 Å². The Bertz CT molecular complexity index is 460. The lowest BCUT2D eigenvalue weighted by molar-refractivity contribution is 0.620. The summed E-state index contributed by atoms with van der Waals surface area (Å²) in [5, 5.41) is 3.17. The van der Waals surface area contributed by atoms with Crippen molar-refractivity contribution in [2.75, 3.05) is 0 Å². The first kappa shape index (κ1) is 11.3. The maximum atomic E-state index is 6.09. The fourth-order valence-corrected chi connectivity index (χ4v) is 2.49. The summed E-state index contributed by atoms with van der Waals surface area (Å²) in [6.07, 6.45) is 5.36. The second-order valence-electron chi connectivity index (χ2n) is 4.01. The summed E-state index contributed by atoms with van der Waals surface area (Å²) in [7, 11) is 1.99. The molecule has 2 aromatic rings. The maximum absolute atomic E-state index is 6.09. The number of thiazole rings is 1. The van der Waals surface area contributed by atoms with Gasteiger partial charge in [0.2, 0.25) is 0 Å². The van der Waals surface area contributed by atoms with Gasteiger partial charge in [-0.2, -0.15) is 0 Å². The largest absolute Gasteiger partial charge is 0.338 e. The van der Waals surface area contributed by atoms with Crippen LogP contribution >= 0.6 is 11.3 Å². The summed E-state index contributed by atoms with van der Waals surface area (Å²) < 4.78 is 2.01. The van der Waals surface area contributed by atoms with E-state index in [-0.39, 0.29) is 6.04 Å². The molecule has 86 valence electrons. The van der Waals surface area contributed by atoms with Crippen LogP contribution in [-0.2, 0) is 19.9 Å². The average Bonchev–Trinajstić information content (AvgIpc) is 2.77. The molecular formula is C11H16N4S. The molecular weight excluding hydrogens is 220 g/mol. The minimum atomic E-state index is 0.0895. The van der Waals surface area contributed by atoms with Crippen molar-refractivity contribution < 1.29 is 0 Å². The van der Waals surface area contributed by atoms with Crippen molar-refractivity contribution in [2.45, 2.75) is 25.8 Å². The van der Waals surface area contributed by atoms with Gasteiger partial charge in [-0.05, 0) is 6.92 Å². The first-order valence-electron chi connectivity index (χ1n) is 5.28. The predicted molar refractivity (Wildman–Crippen MR) is 65.4 cm³/mol. The third-order valence-electron chi connectivity index (χ3n) is 2.47. The SMILES string of the molecule is Cc1csc(CC(N)Cc2nccn2C)n1. The summed E-state index contributed by atoms with van der Waals surface area (Å²) >= 11 is 1.68. The van der Waals surface area contributed by atoms with Crippen molar-refractivity contribution in [1.29, 1.82) is 0 Å². The molecule has 4 nitrogen and oxygen atoms in total. The van der Waals surface area contributed by atoms with Gasteiger partial charge in [-0.1, -0.05) is 0 Å². The second kappa shape index (κ2) is 4.76. The van der Waals surface area contributed by atoms with Crippen LogP contribution < -0.4 is 5.73 Å². The number of hydrogen-bond donors (Lipinski definition) is 1. The van der Waals surface area contributed by atoms with Gasteiger partial charge >= 0.3 is 0 Å². The van der Waals surface area contributed by atoms with Gasteiger partial charge < -0.3 is 10.3 Å². The Kier molecular flexibility index (Phi) is 3.36. The van der Waals surface area contributed by atoms with Crippen LogP contribution in [-0.4, -0.2) is 20.6 Å². The highest BCUT2D eigenvalue weighted by atomic mass is 32.1. The van der Waals surface area contributed by atoms with Crippen molar-refractivity contribution in [3.05, 3.63) is 34.3 Å². The molecule has 0 bridgehead atoms. The third kappa shape index (κ3) is 2.68. The number of rotatable bonds is 4. The second-order valence-corrected chi connectivity index (χ2v) is 4.95. The van der Waals surface area contributed by atoms with Gasteiger partial charge in [-0.15, -0.1) is 11.3 Å². The number of nitrogens with two attached hydrogens (primary N) is 1. The minimum absolute atomic E-state index is 0.0895. The molecule has 1 atom stereocenters. The Morgan fingerprint density at radius 3 is 2.88 bits per heavy atom. The van der Waals surface area contributed by atoms with Gasteiger partial charge in [0.25, 0.3) is 0 Å². The van der Waals surface area contributed by atoms with E-state index < -0.39 is 0 Å². The van der Waals surface area contributed by atoms with Crippen molar-refractivity contribution in [2.24, 2.45) is 12.8 Å². The molecule has 0 amide bonds. The van der Waals surface area contributed by atoms with Gasteiger partial charge in [0.1, 0.15) is 5.82 Å². The zero-order valence-electron chi connectivity index (χ0n) is 9.55. The zero-order chi connectivity index (χ0) is 11.5. The highest BCUT2D eigenvalue weighted by Gasteiger charge is 2.10. The Balaban J connectivity index is 1.94. The first-order valence-corrected chi connectivity index (χ1v) is 6.16. The summed E-state index contributed by atoms with van der Waals surface area (Å²) in [5.74, 6) is 1.03. The molecule has 1 unspecified atom stereocenters. The van der Waals surface area contributed by atoms with Gasteiger partial charge in [0, 0.05) is 49.4 Å². The van der Waals surface area contributed by atoms with Crippen LogP contribution in [0, 0.1) is 6.92 Å². The predicted octanol–water partition coefficient (Wildman–Crippen LogP) is 1.30. The summed E-state index contributed by atoms with van der Waals surface area (Å²) in [6.45, 7) is 2.00. The lowest BCUT2D eigenvalue weighted by Crippen LogP contribution is -2.26. The highest BCUT2D eigenvalue weighted by Crippen LogP contribution is 2.11. The molecule has 0 saturated carbocycles. The van der Waals surface area contributed by atoms with Gasteiger partial charge in [-0.25, -0.2) is 9.97 Å². The van der Waals surface area contributed by atoms with E-state index in [0.29, 0.717) is 0 Å². The molecule has 0 fully saturated rings. The summed E-state index contributed by atoms with van der Waals surface area (Å²) in [5.41, 5.74) is 7.16. The lowest BCUT2D eigenvalue weighted by Gasteiger charge is -2.09. The van der Waals surface area contributed by atoms with E-state index in [1.54, 1.807) is 17.5 Å². The van der Waals surface area contributed by atoms with Crippen LogP contribution in [0.4, 0.5) is 0 Å². The Morgan fingerprint density at radius 2 is 2.31 bits per heavy atom. The summed E-state index contributed by atoms with van der Waals surface area (Å²) in [6, 6.07) is 0.0895. The molecule has 2 rings (SSSR count). The molecule has 0 saturated heterocycles. The van der Waals surface area contributed by atoms with E-state index in [1.165, 1.54) is 0 Å². The van der Waals surface area contributed by atoms with Crippen molar-refractivity contribution >= 4 is 11.3 Å². The van der Waals surface area contributed by atoms with Crippen molar-refractivity contribution in [1.82, 2.24) is 14.5 Å². The Labute approximate surface area is 99.2 Å². The van der Waals surface area contributed by atoms with E-state index in [1.807, 2.05) is 24.7 Å². The van der Waals surface area contributed by atoms with Crippen LogP contribution in [0.15, 0.2) is 17.8 Å². The third-order valence-corrected chi connectivity index (χ3v) is 3.46. The normalized spacial score (nSPS) is 12.9. The molecule has 2 N–H and O–H groups in total. The monoisotopic (exact) mass is 236 g/mol. The molecule has 2 aromatic heterocycles. The quantitative estimate of drug-likeness (QED) is 0.870. The lowest BCUT2D eigenvalue weighted by atomic mass is 10.1. The average molecular weight is 236 g/mol. The highest BCUT2D eigenvalue weighted by molar-refractivity contribution is 7.09. The molecule has 0 aliphatic heterocycles. The number of imidazole rings is 1. The maximum Gasteiger partial charge on any atom is 0.109 e. The number of nitrogens with zero attached hydrogens (tertiary/aromatic N) is 3. The van der Waals surface area contributed by atoms with E-state index in [2.05, 4.69) is 15.3 Å². The topological polar surface area (TPSA) is 56.7 Å². The van der Waals surface area contributed by atoms with Crippen LogP contribution in [0.1, 0.15) is 16.5 Å². The molecule has 5 heteroatoms. The smallest absolute Gasteiger partial charge is 0.109 e. The van der Waals surface area contributed by atoms with Crippen molar-refractivity contribution in [3.8, 4) is 0 Å². The fourth-order valence-electron chi connectivity index (χ4n) is 1.62.